The fourth-order valence-electron chi connectivity index (χ4n) is 1.61. The number of carbonyl (C=O) groups excluding carboxylic acids is 1. The standard InChI is InChI=1S/C16H16N2OS/c1-18(2)15-7-5-13(6-8-15)4-3-10-17-16(19)14-9-11-20-12-14/h5-9,11-12H,10H2,1-2H3,(H,17,19). The summed E-state index contributed by atoms with van der Waals surface area (Å²) in [6.07, 6.45) is 0. The molecule has 0 aliphatic carbocycles. The van der Waals surface area contributed by atoms with Crippen LogP contribution in [-0.4, -0.2) is 26.5 Å². The van der Waals surface area contributed by atoms with Gasteiger partial charge in [-0.05, 0) is 35.7 Å². The third-order valence-electron chi connectivity index (χ3n) is 2.74. The van der Waals surface area contributed by atoms with E-state index in [2.05, 4.69) is 17.2 Å². The van der Waals surface area contributed by atoms with Crippen LogP contribution < -0.4 is 10.2 Å². The predicted octanol–water partition coefficient (Wildman–Crippen LogP) is 2.60. The molecule has 2 aromatic rings. The molecular formula is C16H16N2OS. The van der Waals surface area contributed by atoms with Gasteiger partial charge in [0.2, 0.25) is 0 Å². The van der Waals surface area contributed by atoms with Crippen LogP contribution in [0.25, 0.3) is 0 Å². The molecule has 0 spiro atoms. The number of nitrogens with one attached hydrogen (secondary N) is 1. The first kappa shape index (κ1) is 14.2. The quantitative estimate of drug-likeness (QED) is 0.879. The SMILES string of the molecule is CN(C)c1ccc(C#CCNC(=O)c2ccsc2)cc1. The number of thiophene rings is 1. The summed E-state index contributed by atoms with van der Waals surface area (Å²) in [6, 6.07) is 9.79. The molecule has 0 aliphatic heterocycles. The monoisotopic (exact) mass is 284 g/mol. The highest BCUT2D eigenvalue weighted by Crippen LogP contribution is 2.11. The van der Waals surface area contributed by atoms with E-state index in [1.807, 2.05) is 54.0 Å². The summed E-state index contributed by atoms with van der Waals surface area (Å²) in [7, 11) is 4.00. The fourth-order valence-corrected chi connectivity index (χ4v) is 2.25. The molecule has 0 atom stereocenters. The van der Waals surface area contributed by atoms with E-state index in [1.54, 1.807) is 6.07 Å². The summed E-state index contributed by atoms with van der Waals surface area (Å²) in [4.78, 5) is 13.7. The van der Waals surface area contributed by atoms with Crippen LogP contribution in [0.15, 0.2) is 41.1 Å². The van der Waals surface area contributed by atoms with Crippen LogP contribution in [0.1, 0.15) is 15.9 Å². The average Bonchev–Trinajstić information content (AvgIpc) is 2.98. The Morgan fingerprint density at radius 1 is 1.25 bits per heavy atom. The van der Waals surface area contributed by atoms with Crippen molar-refractivity contribution in [3.8, 4) is 11.8 Å². The summed E-state index contributed by atoms with van der Waals surface area (Å²) in [5.41, 5.74) is 2.77. The first-order chi connectivity index (χ1) is 9.66. The minimum Gasteiger partial charge on any atom is -0.378 e. The zero-order valence-electron chi connectivity index (χ0n) is 11.5. The van der Waals surface area contributed by atoms with Crippen molar-refractivity contribution in [1.82, 2.24) is 5.32 Å². The fraction of sp³-hybridized carbons (Fsp3) is 0.188. The van der Waals surface area contributed by atoms with Gasteiger partial charge < -0.3 is 10.2 Å². The third-order valence-corrected chi connectivity index (χ3v) is 3.42. The van der Waals surface area contributed by atoms with Crippen LogP contribution in [0.4, 0.5) is 5.69 Å². The van der Waals surface area contributed by atoms with Crippen molar-refractivity contribution in [3.05, 3.63) is 52.2 Å². The van der Waals surface area contributed by atoms with Gasteiger partial charge in [0, 0.05) is 30.7 Å². The summed E-state index contributed by atoms with van der Waals surface area (Å²) in [6.45, 7) is 0.351. The highest BCUT2D eigenvalue weighted by molar-refractivity contribution is 7.08. The zero-order chi connectivity index (χ0) is 14.4. The van der Waals surface area contributed by atoms with Crippen molar-refractivity contribution in [2.75, 3.05) is 25.5 Å². The number of amides is 1. The Labute approximate surface area is 123 Å². The van der Waals surface area contributed by atoms with Crippen molar-refractivity contribution >= 4 is 22.9 Å². The first-order valence-electron chi connectivity index (χ1n) is 6.23. The van der Waals surface area contributed by atoms with E-state index < -0.39 is 0 Å². The van der Waals surface area contributed by atoms with Gasteiger partial charge >= 0.3 is 0 Å². The van der Waals surface area contributed by atoms with Gasteiger partial charge in [-0.15, -0.1) is 0 Å². The van der Waals surface area contributed by atoms with Crippen molar-refractivity contribution in [1.29, 1.82) is 0 Å². The van der Waals surface area contributed by atoms with Crippen LogP contribution >= 0.6 is 11.3 Å². The highest BCUT2D eigenvalue weighted by atomic mass is 32.1. The Hall–Kier alpha value is -2.25. The number of nitrogens with zero attached hydrogens (tertiary/aromatic N) is 1. The topological polar surface area (TPSA) is 32.3 Å². The maximum atomic E-state index is 11.7. The lowest BCUT2D eigenvalue weighted by Crippen LogP contribution is -2.22. The maximum Gasteiger partial charge on any atom is 0.252 e. The van der Waals surface area contributed by atoms with E-state index in [-0.39, 0.29) is 5.91 Å². The molecule has 1 aromatic carbocycles. The third kappa shape index (κ3) is 3.87. The average molecular weight is 284 g/mol. The van der Waals surface area contributed by atoms with Crippen LogP contribution in [-0.2, 0) is 0 Å². The Balaban J connectivity index is 1.87. The Bertz CT molecular complexity index is 619. The number of hydrogen-bond donors (Lipinski definition) is 1. The Morgan fingerprint density at radius 3 is 2.60 bits per heavy atom. The van der Waals surface area contributed by atoms with Crippen LogP contribution in [0.2, 0.25) is 0 Å². The van der Waals surface area contributed by atoms with Crippen LogP contribution in [0, 0.1) is 11.8 Å². The smallest absolute Gasteiger partial charge is 0.252 e. The van der Waals surface area contributed by atoms with Gasteiger partial charge in [0.1, 0.15) is 0 Å². The van der Waals surface area contributed by atoms with Crippen molar-refractivity contribution in [2.24, 2.45) is 0 Å². The molecule has 4 heteroatoms. The molecule has 20 heavy (non-hydrogen) atoms. The summed E-state index contributed by atoms with van der Waals surface area (Å²) >= 11 is 1.51. The molecule has 1 N–H and O–H groups in total. The molecule has 1 aromatic heterocycles. The number of benzene rings is 1. The molecule has 1 heterocycles. The number of anilines is 1. The number of rotatable bonds is 3. The number of carbonyl (C=O) groups is 1. The van der Waals surface area contributed by atoms with Gasteiger partial charge in [-0.25, -0.2) is 0 Å². The summed E-state index contributed by atoms with van der Waals surface area (Å²) in [5.74, 6) is 5.90. The van der Waals surface area contributed by atoms with Crippen LogP contribution in [0.5, 0.6) is 0 Å². The molecule has 102 valence electrons. The minimum atomic E-state index is -0.0801. The molecule has 0 unspecified atom stereocenters. The van der Waals surface area contributed by atoms with Crippen molar-refractivity contribution in [2.45, 2.75) is 0 Å². The summed E-state index contributed by atoms with van der Waals surface area (Å²) in [5, 5.41) is 6.47. The van der Waals surface area contributed by atoms with E-state index in [0.717, 1.165) is 11.3 Å². The largest absolute Gasteiger partial charge is 0.378 e. The van der Waals surface area contributed by atoms with Gasteiger partial charge in [0.25, 0.3) is 5.91 Å². The Morgan fingerprint density at radius 2 is 2.00 bits per heavy atom. The van der Waals surface area contributed by atoms with Crippen LogP contribution in [0.3, 0.4) is 0 Å². The zero-order valence-corrected chi connectivity index (χ0v) is 12.3. The normalized spacial score (nSPS) is 9.50. The van der Waals surface area contributed by atoms with Gasteiger partial charge in [-0.3, -0.25) is 4.79 Å². The molecule has 0 aliphatic rings. The molecule has 0 saturated carbocycles. The van der Waals surface area contributed by atoms with Crippen molar-refractivity contribution < 1.29 is 4.79 Å². The molecule has 0 fully saturated rings. The second kappa shape index (κ2) is 6.78. The molecule has 2 rings (SSSR count). The molecule has 0 radical (unpaired) electrons. The van der Waals surface area contributed by atoms with Gasteiger partial charge in [0.05, 0.1) is 12.1 Å². The van der Waals surface area contributed by atoms with E-state index >= 15 is 0 Å². The molecular weight excluding hydrogens is 268 g/mol. The Kier molecular flexibility index (Phi) is 4.80. The maximum absolute atomic E-state index is 11.7. The van der Waals surface area contributed by atoms with Gasteiger partial charge in [0.15, 0.2) is 0 Å². The molecule has 3 nitrogen and oxygen atoms in total. The predicted molar refractivity (Wildman–Crippen MR) is 84.3 cm³/mol. The lowest BCUT2D eigenvalue weighted by Gasteiger charge is -2.11. The molecule has 1 amide bonds. The number of hydrogen-bond acceptors (Lipinski definition) is 3. The second-order valence-electron chi connectivity index (χ2n) is 4.44. The highest BCUT2D eigenvalue weighted by Gasteiger charge is 2.02. The van der Waals surface area contributed by atoms with E-state index in [1.165, 1.54) is 11.3 Å². The summed E-state index contributed by atoms with van der Waals surface area (Å²) < 4.78 is 0. The van der Waals surface area contributed by atoms with Gasteiger partial charge in [-0.1, -0.05) is 11.8 Å². The first-order valence-corrected chi connectivity index (χ1v) is 7.18. The van der Waals surface area contributed by atoms with E-state index in [4.69, 9.17) is 0 Å². The van der Waals surface area contributed by atoms with Crippen molar-refractivity contribution in [3.63, 3.8) is 0 Å². The van der Waals surface area contributed by atoms with E-state index in [0.29, 0.717) is 12.1 Å². The van der Waals surface area contributed by atoms with Gasteiger partial charge in [-0.2, -0.15) is 11.3 Å². The lowest BCUT2D eigenvalue weighted by molar-refractivity contribution is 0.0959. The molecule has 0 bridgehead atoms. The second-order valence-corrected chi connectivity index (χ2v) is 5.22. The molecule has 0 saturated heterocycles. The van der Waals surface area contributed by atoms with E-state index in [9.17, 15) is 4.79 Å². The lowest BCUT2D eigenvalue weighted by atomic mass is 10.2. The minimum absolute atomic E-state index is 0.0801.